The van der Waals surface area contributed by atoms with Crippen LogP contribution in [0, 0.1) is 0 Å². The SMILES string of the molecule is O=C(CCC(=O)Nc1ccc(Cl)cc1Cl)NNC(=S)NC(=O)COc1ccc2ccccc2c1Br. The van der Waals surface area contributed by atoms with Crippen LogP contribution in [0.3, 0.4) is 0 Å². The number of carbonyl (C=O) groups excluding carboxylic acids is 3. The highest BCUT2D eigenvalue weighted by Crippen LogP contribution is 2.33. The maximum absolute atomic E-state index is 12.1. The molecule has 0 heterocycles. The lowest BCUT2D eigenvalue weighted by Crippen LogP contribution is -2.49. The van der Waals surface area contributed by atoms with Gasteiger partial charge in [-0.3, -0.25) is 30.6 Å². The molecule has 0 aliphatic rings. The normalized spacial score (nSPS) is 10.4. The van der Waals surface area contributed by atoms with Crippen molar-refractivity contribution >= 4 is 90.6 Å². The first-order chi connectivity index (χ1) is 16.7. The summed E-state index contributed by atoms with van der Waals surface area (Å²) >= 11 is 20.3. The fourth-order valence-electron chi connectivity index (χ4n) is 2.88. The van der Waals surface area contributed by atoms with Crippen molar-refractivity contribution in [3.8, 4) is 5.75 Å². The summed E-state index contributed by atoms with van der Waals surface area (Å²) in [4.78, 5) is 36.1. The molecular formula is C23H19BrCl2N4O4S. The van der Waals surface area contributed by atoms with Crippen molar-refractivity contribution in [2.75, 3.05) is 11.9 Å². The van der Waals surface area contributed by atoms with Gasteiger partial charge in [0.2, 0.25) is 11.8 Å². The van der Waals surface area contributed by atoms with Gasteiger partial charge in [0.25, 0.3) is 5.91 Å². The van der Waals surface area contributed by atoms with Gasteiger partial charge in [0, 0.05) is 17.9 Å². The van der Waals surface area contributed by atoms with Gasteiger partial charge >= 0.3 is 0 Å². The monoisotopic (exact) mass is 596 g/mol. The molecule has 35 heavy (non-hydrogen) atoms. The molecule has 0 aromatic heterocycles. The molecule has 3 aromatic carbocycles. The lowest BCUT2D eigenvalue weighted by molar-refractivity contribution is -0.125. The number of rotatable bonds is 7. The molecule has 0 bridgehead atoms. The molecule has 3 aromatic rings. The number of amides is 3. The number of fused-ring (bicyclic) bond motifs is 1. The average molecular weight is 598 g/mol. The summed E-state index contributed by atoms with van der Waals surface area (Å²) in [7, 11) is 0. The van der Waals surface area contributed by atoms with Crippen LogP contribution in [0.4, 0.5) is 5.69 Å². The van der Waals surface area contributed by atoms with Crippen LogP contribution in [0.15, 0.2) is 59.1 Å². The number of benzene rings is 3. The smallest absolute Gasteiger partial charge is 0.264 e. The molecule has 0 saturated carbocycles. The summed E-state index contributed by atoms with van der Waals surface area (Å²) in [6.07, 6.45) is -0.222. The molecule has 0 fully saturated rings. The Morgan fingerprint density at radius 1 is 0.914 bits per heavy atom. The minimum Gasteiger partial charge on any atom is -0.483 e. The predicted octanol–water partition coefficient (Wildman–Crippen LogP) is 4.73. The standard InChI is InChI=1S/C23H19BrCl2N4O4S/c24-22-15-4-2-1-3-13(15)5-8-18(22)34-12-21(33)28-23(35)30-29-20(32)10-9-19(31)27-17-7-6-14(25)11-16(17)26/h1-8,11H,9-10,12H2,(H,27,31)(H,29,32)(H2,28,30,33,35). The van der Waals surface area contributed by atoms with Gasteiger partial charge in [-0.2, -0.15) is 0 Å². The van der Waals surface area contributed by atoms with E-state index < -0.39 is 17.7 Å². The molecule has 0 aliphatic heterocycles. The van der Waals surface area contributed by atoms with Crippen LogP contribution in [0.1, 0.15) is 12.8 Å². The van der Waals surface area contributed by atoms with Crippen LogP contribution < -0.4 is 26.2 Å². The third kappa shape index (κ3) is 8.07. The van der Waals surface area contributed by atoms with E-state index in [1.807, 2.05) is 30.3 Å². The fourth-order valence-corrected chi connectivity index (χ4v) is 4.11. The fraction of sp³-hybridized carbons (Fsp3) is 0.130. The summed E-state index contributed by atoms with van der Waals surface area (Å²) in [6.45, 7) is -0.292. The van der Waals surface area contributed by atoms with Crippen LogP contribution in [0.5, 0.6) is 5.75 Å². The topological polar surface area (TPSA) is 109 Å². The molecule has 0 atom stereocenters. The Kier molecular flexibility index (Phi) is 9.67. The van der Waals surface area contributed by atoms with Gasteiger partial charge in [0.1, 0.15) is 5.75 Å². The van der Waals surface area contributed by atoms with Gasteiger partial charge < -0.3 is 10.1 Å². The Morgan fingerprint density at radius 2 is 1.66 bits per heavy atom. The molecule has 0 spiro atoms. The first-order valence-electron chi connectivity index (χ1n) is 10.2. The third-order valence-corrected chi connectivity index (χ3v) is 6.11. The van der Waals surface area contributed by atoms with E-state index in [1.165, 1.54) is 6.07 Å². The van der Waals surface area contributed by atoms with Crippen molar-refractivity contribution in [2.24, 2.45) is 0 Å². The minimum absolute atomic E-state index is 0.0972. The molecule has 3 rings (SSSR count). The van der Waals surface area contributed by atoms with Gasteiger partial charge in [-0.15, -0.1) is 0 Å². The van der Waals surface area contributed by atoms with E-state index in [0.29, 0.717) is 16.5 Å². The van der Waals surface area contributed by atoms with E-state index in [9.17, 15) is 14.4 Å². The number of hydrogen-bond acceptors (Lipinski definition) is 5. The Bertz CT molecular complexity index is 1290. The largest absolute Gasteiger partial charge is 0.483 e. The van der Waals surface area contributed by atoms with Gasteiger partial charge in [-0.1, -0.05) is 53.5 Å². The van der Waals surface area contributed by atoms with E-state index in [-0.39, 0.29) is 29.6 Å². The first-order valence-corrected chi connectivity index (χ1v) is 12.1. The highest BCUT2D eigenvalue weighted by molar-refractivity contribution is 9.10. The number of thiocarbonyl (C=S) groups is 1. The summed E-state index contributed by atoms with van der Waals surface area (Å²) in [5.41, 5.74) is 5.11. The van der Waals surface area contributed by atoms with Crippen molar-refractivity contribution in [2.45, 2.75) is 12.8 Å². The molecule has 8 nitrogen and oxygen atoms in total. The Hall–Kier alpha value is -2.92. The highest BCUT2D eigenvalue weighted by Gasteiger charge is 2.12. The Morgan fingerprint density at radius 3 is 2.43 bits per heavy atom. The number of nitrogens with one attached hydrogen (secondary N) is 4. The summed E-state index contributed by atoms with van der Waals surface area (Å²) in [5, 5.41) is 7.58. The van der Waals surface area contributed by atoms with Gasteiger partial charge in [0.15, 0.2) is 11.7 Å². The lowest BCUT2D eigenvalue weighted by atomic mass is 10.1. The van der Waals surface area contributed by atoms with Crippen molar-refractivity contribution in [1.82, 2.24) is 16.2 Å². The number of halogens is 3. The second kappa shape index (κ2) is 12.7. The zero-order chi connectivity index (χ0) is 25.4. The van der Waals surface area contributed by atoms with E-state index >= 15 is 0 Å². The van der Waals surface area contributed by atoms with E-state index in [1.54, 1.807) is 18.2 Å². The zero-order valence-corrected chi connectivity index (χ0v) is 21.9. The van der Waals surface area contributed by atoms with Gasteiger partial charge in [0.05, 0.1) is 15.2 Å². The molecular weight excluding hydrogens is 579 g/mol. The summed E-state index contributed by atoms with van der Waals surface area (Å²) in [5.74, 6) is -0.923. The molecule has 0 radical (unpaired) electrons. The molecule has 0 unspecified atom stereocenters. The summed E-state index contributed by atoms with van der Waals surface area (Å²) in [6, 6.07) is 16.0. The summed E-state index contributed by atoms with van der Waals surface area (Å²) < 4.78 is 6.30. The first kappa shape index (κ1) is 26.7. The van der Waals surface area contributed by atoms with Crippen LogP contribution in [-0.2, 0) is 14.4 Å². The molecule has 12 heteroatoms. The predicted molar refractivity (Wildman–Crippen MR) is 143 cm³/mol. The highest BCUT2D eigenvalue weighted by atomic mass is 79.9. The van der Waals surface area contributed by atoms with Crippen molar-refractivity contribution in [1.29, 1.82) is 0 Å². The number of ether oxygens (including phenoxy) is 1. The van der Waals surface area contributed by atoms with Gasteiger partial charge in [-0.05, 0) is 63.2 Å². The third-order valence-electron chi connectivity index (χ3n) is 4.54. The maximum Gasteiger partial charge on any atom is 0.264 e. The number of hydrazine groups is 1. The Balaban J connectivity index is 1.36. The van der Waals surface area contributed by atoms with Crippen LogP contribution in [0.2, 0.25) is 10.0 Å². The van der Waals surface area contributed by atoms with Crippen LogP contribution in [-0.4, -0.2) is 29.4 Å². The quantitative estimate of drug-likeness (QED) is 0.232. The maximum atomic E-state index is 12.1. The van der Waals surface area contributed by atoms with Crippen LogP contribution in [0.25, 0.3) is 10.8 Å². The molecule has 3 amide bonds. The van der Waals surface area contributed by atoms with Gasteiger partial charge in [-0.25, -0.2) is 0 Å². The van der Waals surface area contributed by atoms with Crippen molar-refractivity contribution in [3.63, 3.8) is 0 Å². The average Bonchev–Trinajstić information content (AvgIpc) is 2.83. The number of hydrogen-bond donors (Lipinski definition) is 4. The minimum atomic E-state index is -0.518. The van der Waals surface area contributed by atoms with Crippen LogP contribution >= 0.6 is 51.3 Å². The second-order valence-corrected chi connectivity index (χ2v) is 9.16. The molecule has 0 aliphatic carbocycles. The zero-order valence-electron chi connectivity index (χ0n) is 18.0. The Labute approximate surface area is 224 Å². The van der Waals surface area contributed by atoms with E-state index in [4.69, 9.17) is 40.2 Å². The number of carbonyl (C=O) groups is 3. The van der Waals surface area contributed by atoms with E-state index in [0.717, 1.165) is 15.2 Å². The number of anilines is 1. The second-order valence-electron chi connectivity index (χ2n) is 7.11. The van der Waals surface area contributed by atoms with E-state index in [2.05, 4.69) is 37.4 Å². The van der Waals surface area contributed by atoms with Crippen molar-refractivity contribution in [3.05, 3.63) is 69.1 Å². The lowest BCUT2D eigenvalue weighted by Gasteiger charge is -2.12. The molecule has 182 valence electrons. The molecule has 4 N–H and O–H groups in total. The van der Waals surface area contributed by atoms with Crippen molar-refractivity contribution < 1.29 is 19.1 Å². The molecule has 0 saturated heterocycles.